The number of fused-ring (bicyclic) bond motifs is 2. The number of hydrogen-bond donors (Lipinski definition) is 7. The van der Waals surface area contributed by atoms with Gasteiger partial charge in [0.25, 0.3) is 0 Å². The summed E-state index contributed by atoms with van der Waals surface area (Å²) in [5, 5.41) is 60.8. The molecule has 6 unspecified atom stereocenters. The fraction of sp³-hybridized carbons (Fsp3) is 0.387. The first-order chi connectivity index (χ1) is 21.1. The van der Waals surface area contributed by atoms with Crippen LogP contribution in [0.3, 0.4) is 0 Å². The number of ether oxygens (including phenoxy) is 3. The summed E-state index contributed by atoms with van der Waals surface area (Å²) in [6, 6.07) is 9.10. The van der Waals surface area contributed by atoms with E-state index in [0.29, 0.717) is 30.6 Å². The molecule has 1 aromatic heterocycles. The minimum absolute atomic E-state index is 0.0204. The fourth-order valence-corrected chi connectivity index (χ4v) is 5.66. The van der Waals surface area contributed by atoms with Gasteiger partial charge >= 0.3 is 0 Å². The zero-order valence-corrected chi connectivity index (χ0v) is 23.8. The summed E-state index contributed by atoms with van der Waals surface area (Å²) in [6.45, 7) is -0.717. The van der Waals surface area contributed by atoms with Gasteiger partial charge in [-0.15, -0.1) is 0 Å². The average molecular weight is 611 g/mol. The Morgan fingerprint density at radius 2 is 1.73 bits per heavy atom. The van der Waals surface area contributed by atoms with Crippen molar-refractivity contribution in [1.82, 2.24) is 4.98 Å². The van der Waals surface area contributed by atoms with Crippen LogP contribution in [0.15, 0.2) is 42.6 Å². The number of phenols is 1. The molecule has 0 spiro atoms. The van der Waals surface area contributed by atoms with Gasteiger partial charge in [-0.2, -0.15) is 0 Å². The summed E-state index contributed by atoms with van der Waals surface area (Å²) >= 11 is 0. The number of phenolic OH excluding ortho intramolecular Hbond substituents is 1. The van der Waals surface area contributed by atoms with E-state index < -0.39 is 54.6 Å². The van der Waals surface area contributed by atoms with Gasteiger partial charge < -0.3 is 50.6 Å². The number of anilines is 1. The van der Waals surface area contributed by atoms with E-state index in [1.165, 1.54) is 25.3 Å². The number of aliphatic hydroxyl groups is 5. The van der Waals surface area contributed by atoms with Crippen molar-refractivity contribution < 1.29 is 54.4 Å². The van der Waals surface area contributed by atoms with Gasteiger partial charge in [-0.25, -0.2) is 4.98 Å². The Labute approximate surface area is 252 Å². The van der Waals surface area contributed by atoms with E-state index in [2.05, 4.69) is 4.98 Å². The molecule has 0 radical (unpaired) electrons. The van der Waals surface area contributed by atoms with Crippen molar-refractivity contribution in [1.29, 1.82) is 0 Å². The van der Waals surface area contributed by atoms with E-state index in [0.717, 1.165) is 5.56 Å². The van der Waals surface area contributed by atoms with Crippen LogP contribution in [-0.4, -0.2) is 98.2 Å². The largest absolute Gasteiger partial charge is 0.507 e. The molecule has 2 heterocycles. The lowest BCUT2D eigenvalue weighted by atomic mass is 9.80. The smallest absolute Gasteiger partial charge is 0.229 e. The first kappa shape index (κ1) is 31.3. The summed E-state index contributed by atoms with van der Waals surface area (Å²) in [7, 11) is 1.34. The molecule has 13 nitrogen and oxygen atoms in total. The fourth-order valence-electron chi connectivity index (χ4n) is 5.66. The van der Waals surface area contributed by atoms with Crippen LogP contribution in [0.4, 0.5) is 5.82 Å². The number of aliphatic hydroxyl groups excluding tert-OH is 5. The highest BCUT2D eigenvalue weighted by atomic mass is 16.7. The van der Waals surface area contributed by atoms with Crippen molar-refractivity contribution in [2.75, 3.05) is 26.1 Å². The van der Waals surface area contributed by atoms with Crippen LogP contribution in [0.25, 0.3) is 0 Å². The van der Waals surface area contributed by atoms with E-state index in [1.54, 1.807) is 18.3 Å². The van der Waals surface area contributed by atoms with Crippen LogP contribution in [0.1, 0.15) is 61.7 Å². The molecule has 2 aliphatic rings. The number of aromatic hydroxyl groups is 1. The number of aromatic nitrogens is 1. The number of carbonyl (C=O) groups excluding carboxylic acids is 2. The predicted molar refractivity (Wildman–Crippen MR) is 154 cm³/mol. The number of nitrogen functional groups attached to an aromatic ring is 1. The maximum atomic E-state index is 13.9. The lowest BCUT2D eigenvalue weighted by molar-refractivity contribution is -0.277. The maximum Gasteiger partial charge on any atom is 0.229 e. The molecule has 234 valence electrons. The van der Waals surface area contributed by atoms with Gasteiger partial charge in [-0.3, -0.25) is 9.59 Å². The van der Waals surface area contributed by atoms with E-state index in [4.69, 9.17) is 19.9 Å². The molecule has 1 saturated heterocycles. The Hall–Kier alpha value is -4.11. The first-order valence-corrected chi connectivity index (χ1v) is 14.0. The summed E-state index contributed by atoms with van der Waals surface area (Å²) < 4.78 is 16.5. The third kappa shape index (κ3) is 5.85. The molecule has 1 aliphatic heterocycles. The van der Waals surface area contributed by atoms with Crippen LogP contribution in [-0.2, 0) is 11.2 Å². The number of carbonyl (C=O) groups is 2. The third-order valence-corrected chi connectivity index (χ3v) is 8.00. The number of methoxy groups -OCH3 is 1. The van der Waals surface area contributed by atoms with Crippen LogP contribution in [0, 0.1) is 0 Å². The van der Waals surface area contributed by atoms with Crippen LogP contribution in [0.2, 0.25) is 0 Å². The maximum absolute atomic E-state index is 13.9. The summed E-state index contributed by atoms with van der Waals surface area (Å²) in [6.07, 6.45) is -4.95. The zero-order chi connectivity index (χ0) is 31.7. The number of benzene rings is 2. The Morgan fingerprint density at radius 1 is 0.977 bits per heavy atom. The van der Waals surface area contributed by atoms with Crippen molar-refractivity contribution in [2.24, 2.45) is 0 Å². The Morgan fingerprint density at radius 3 is 2.39 bits per heavy atom. The number of pyridine rings is 1. The van der Waals surface area contributed by atoms with Crippen molar-refractivity contribution in [3.05, 3.63) is 76.0 Å². The van der Waals surface area contributed by atoms with Gasteiger partial charge in [0.1, 0.15) is 47.5 Å². The molecule has 1 fully saturated rings. The highest BCUT2D eigenvalue weighted by molar-refractivity contribution is 6.30. The highest BCUT2D eigenvalue weighted by Crippen LogP contribution is 2.41. The van der Waals surface area contributed by atoms with Crippen molar-refractivity contribution in [3.8, 4) is 17.2 Å². The molecule has 0 saturated carbocycles. The molecular weight excluding hydrogens is 576 g/mol. The third-order valence-electron chi connectivity index (χ3n) is 8.00. The van der Waals surface area contributed by atoms with E-state index in [9.17, 15) is 40.2 Å². The Kier molecular flexibility index (Phi) is 9.15. The molecule has 13 heteroatoms. The normalized spacial score (nSPS) is 23.5. The lowest BCUT2D eigenvalue weighted by Gasteiger charge is -2.39. The number of nitrogens with two attached hydrogens (primary N) is 1. The standard InChI is InChI=1S/C31H34N2O11/c1-42-17-10-19-25(21(11-17)43-31-30(41)29(40)27(38)22(13-35)44-31)28(39)24-18(26(19)37)8-14(9-20(24)36)7-15(3-2-6-34)16-4-5-23(32)33-12-16/h4-5,8-12,15,22,27,29-31,34-36,38,40-41H,2-3,6-7,13H2,1H3,(H2,32,33). The quantitative estimate of drug-likeness (QED) is 0.130. The summed E-state index contributed by atoms with van der Waals surface area (Å²) in [5.74, 6) is -1.63. The first-order valence-electron chi connectivity index (χ1n) is 14.0. The second-order valence-electron chi connectivity index (χ2n) is 10.8. The Bertz CT molecular complexity index is 1540. The predicted octanol–water partition coefficient (Wildman–Crippen LogP) is 0.431. The van der Waals surface area contributed by atoms with Gasteiger partial charge in [0.05, 0.1) is 24.8 Å². The Balaban J connectivity index is 1.52. The van der Waals surface area contributed by atoms with Crippen molar-refractivity contribution in [2.45, 2.75) is 55.9 Å². The second-order valence-corrected chi connectivity index (χ2v) is 10.8. The molecule has 44 heavy (non-hydrogen) atoms. The molecule has 2 aromatic carbocycles. The number of hydrogen-bond acceptors (Lipinski definition) is 13. The van der Waals surface area contributed by atoms with Crippen LogP contribution < -0.4 is 15.2 Å². The molecule has 0 bridgehead atoms. The molecule has 3 aromatic rings. The van der Waals surface area contributed by atoms with Crippen molar-refractivity contribution >= 4 is 17.4 Å². The molecule has 1 aliphatic carbocycles. The van der Waals surface area contributed by atoms with Gasteiger partial charge in [-0.1, -0.05) is 6.07 Å². The van der Waals surface area contributed by atoms with Gasteiger partial charge in [-0.05, 0) is 60.6 Å². The highest BCUT2D eigenvalue weighted by Gasteiger charge is 2.46. The van der Waals surface area contributed by atoms with Gasteiger partial charge in [0.15, 0.2) is 5.78 Å². The monoisotopic (exact) mass is 610 g/mol. The molecule has 6 atom stereocenters. The molecule has 0 amide bonds. The zero-order valence-electron chi connectivity index (χ0n) is 23.8. The van der Waals surface area contributed by atoms with Crippen molar-refractivity contribution in [3.63, 3.8) is 0 Å². The van der Waals surface area contributed by atoms with Crippen LogP contribution >= 0.6 is 0 Å². The van der Waals surface area contributed by atoms with Crippen LogP contribution in [0.5, 0.6) is 17.2 Å². The van der Waals surface area contributed by atoms with Gasteiger partial charge in [0, 0.05) is 30.0 Å². The van der Waals surface area contributed by atoms with Gasteiger partial charge in [0.2, 0.25) is 12.1 Å². The summed E-state index contributed by atoms with van der Waals surface area (Å²) in [4.78, 5) is 31.9. The van der Waals surface area contributed by atoms with E-state index >= 15 is 0 Å². The number of rotatable bonds is 10. The number of nitrogens with zero attached hydrogens (tertiary/aromatic N) is 1. The second kappa shape index (κ2) is 12.9. The topological polar surface area (TPSA) is 222 Å². The van der Waals surface area contributed by atoms with E-state index in [-0.39, 0.29) is 46.3 Å². The minimum atomic E-state index is -1.78. The van der Waals surface area contributed by atoms with E-state index in [1.807, 2.05) is 6.07 Å². The molecular formula is C31H34N2O11. The number of ketones is 2. The molecule has 8 N–H and O–H groups in total. The summed E-state index contributed by atoms with van der Waals surface area (Å²) in [5.41, 5.74) is 6.59. The SMILES string of the molecule is COc1cc(OC2OC(CO)C(O)C(O)C2O)c2c(c1)C(=O)c1cc(CC(CCCO)c3ccc(N)nc3)cc(O)c1C2=O. The minimum Gasteiger partial charge on any atom is -0.507 e. The molecule has 5 rings (SSSR count). The average Bonchev–Trinajstić information content (AvgIpc) is 3.01. The lowest BCUT2D eigenvalue weighted by Crippen LogP contribution is -2.60.